The molecule has 23 heavy (non-hydrogen) atoms. The van der Waals surface area contributed by atoms with E-state index < -0.39 is 0 Å². The summed E-state index contributed by atoms with van der Waals surface area (Å²) in [6.07, 6.45) is 2.76. The van der Waals surface area contributed by atoms with Gasteiger partial charge in [0, 0.05) is 11.8 Å². The van der Waals surface area contributed by atoms with Crippen molar-refractivity contribution in [3.63, 3.8) is 0 Å². The van der Waals surface area contributed by atoms with Gasteiger partial charge < -0.3 is 0 Å². The summed E-state index contributed by atoms with van der Waals surface area (Å²) in [4.78, 5) is 19.9. The molecule has 2 heterocycles. The molecule has 8 heteroatoms. The van der Waals surface area contributed by atoms with Gasteiger partial charge in [-0.2, -0.15) is 0 Å². The second-order valence-corrected chi connectivity index (χ2v) is 5.94. The van der Waals surface area contributed by atoms with Crippen molar-refractivity contribution < 1.29 is 4.39 Å². The van der Waals surface area contributed by atoms with E-state index in [0.29, 0.717) is 21.0 Å². The fourth-order valence-electron chi connectivity index (χ4n) is 1.93. The van der Waals surface area contributed by atoms with Crippen molar-refractivity contribution in [1.29, 1.82) is 0 Å². The van der Waals surface area contributed by atoms with E-state index in [1.807, 2.05) is 0 Å². The zero-order valence-corrected chi connectivity index (χ0v) is 13.9. The first-order valence-electron chi connectivity index (χ1n) is 6.53. The van der Waals surface area contributed by atoms with Crippen LogP contribution in [0.25, 0.3) is 11.4 Å². The Hall–Kier alpha value is -2.12. The molecule has 0 N–H and O–H groups in total. The van der Waals surface area contributed by atoms with Crippen LogP contribution >= 0.6 is 27.5 Å². The monoisotopic (exact) mass is 394 g/mol. The van der Waals surface area contributed by atoms with Crippen LogP contribution in [0.4, 0.5) is 4.39 Å². The second-order valence-electron chi connectivity index (χ2n) is 4.70. The first-order chi connectivity index (χ1) is 11.0. The van der Waals surface area contributed by atoms with E-state index in [9.17, 15) is 9.18 Å². The smallest absolute Gasteiger partial charge is 0.266 e. The summed E-state index contributed by atoms with van der Waals surface area (Å²) in [7, 11) is 0. The molecule has 0 saturated carbocycles. The molecule has 0 radical (unpaired) electrons. The van der Waals surface area contributed by atoms with Gasteiger partial charge in [0.15, 0.2) is 5.82 Å². The van der Waals surface area contributed by atoms with Crippen molar-refractivity contribution in [2.45, 2.75) is 6.54 Å². The van der Waals surface area contributed by atoms with E-state index in [1.165, 1.54) is 16.9 Å². The van der Waals surface area contributed by atoms with Gasteiger partial charge in [-0.25, -0.2) is 19.0 Å². The lowest BCUT2D eigenvalue weighted by Crippen LogP contribution is -2.24. The molecule has 0 spiro atoms. The van der Waals surface area contributed by atoms with E-state index in [4.69, 9.17) is 11.6 Å². The fraction of sp³-hybridized carbons (Fsp3) is 0.0667. The topological polar surface area (TPSA) is 60.7 Å². The first-order valence-corrected chi connectivity index (χ1v) is 7.70. The minimum Gasteiger partial charge on any atom is -0.266 e. The van der Waals surface area contributed by atoms with E-state index >= 15 is 0 Å². The minimum absolute atomic E-state index is 0.237. The van der Waals surface area contributed by atoms with Gasteiger partial charge in [-0.1, -0.05) is 17.7 Å². The normalized spacial score (nSPS) is 10.7. The van der Waals surface area contributed by atoms with E-state index in [-0.39, 0.29) is 17.9 Å². The van der Waals surface area contributed by atoms with Crippen LogP contribution in [0.1, 0.15) is 5.56 Å². The third kappa shape index (κ3) is 3.62. The van der Waals surface area contributed by atoms with Crippen LogP contribution in [-0.4, -0.2) is 19.7 Å². The Labute approximate surface area is 143 Å². The van der Waals surface area contributed by atoms with Crippen molar-refractivity contribution in [2.24, 2.45) is 0 Å². The Balaban J connectivity index is 1.97. The Morgan fingerprint density at radius 2 is 2.00 bits per heavy atom. The maximum atomic E-state index is 13.3. The SMILES string of the molecule is O=c1cnc(-c2ccc(F)c(Br)c2)nn1Cc1ccc(Cl)nc1. The number of pyridine rings is 1. The summed E-state index contributed by atoms with van der Waals surface area (Å²) < 4.78 is 14.9. The fourth-order valence-corrected chi connectivity index (χ4v) is 2.42. The predicted molar refractivity (Wildman–Crippen MR) is 87.7 cm³/mol. The Kier molecular flexibility index (Phi) is 4.49. The zero-order valence-electron chi connectivity index (χ0n) is 11.6. The molecule has 0 aliphatic rings. The Morgan fingerprint density at radius 1 is 1.17 bits per heavy atom. The molecule has 0 aliphatic carbocycles. The van der Waals surface area contributed by atoms with Crippen LogP contribution in [-0.2, 0) is 6.54 Å². The quantitative estimate of drug-likeness (QED) is 0.639. The number of benzene rings is 1. The largest absolute Gasteiger partial charge is 0.285 e. The highest BCUT2D eigenvalue weighted by atomic mass is 79.9. The highest BCUT2D eigenvalue weighted by molar-refractivity contribution is 9.10. The standard InChI is InChI=1S/C15H9BrClFN4O/c16-11-5-10(2-3-12(11)18)15-20-7-14(23)22(21-15)8-9-1-4-13(17)19-6-9/h1-7H,8H2. The lowest BCUT2D eigenvalue weighted by atomic mass is 10.2. The summed E-state index contributed by atoms with van der Waals surface area (Å²) in [6.45, 7) is 0.237. The summed E-state index contributed by atoms with van der Waals surface area (Å²) >= 11 is 8.86. The summed E-state index contributed by atoms with van der Waals surface area (Å²) in [5.41, 5.74) is 1.03. The maximum Gasteiger partial charge on any atom is 0.285 e. The van der Waals surface area contributed by atoms with Gasteiger partial charge >= 0.3 is 0 Å². The van der Waals surface area contributed by atoms with Gasteiger partial charge in [-0.3, -0.25) is 4.79 Å². The summed E-state index contributed by atoms with van der Waals surface area (Å²) in [5, 5.41) is 4.60. The molecule has 3 rings (SSSR count). The number of halogens is 3. The third-order valence-electron chi connectivity index (χ3n) is 3.07. The number of aromatic nitrogens is 4. The first kappa shape index (κ1) is 15.8. The van der Waals surface area contributed by atoms with Crippen LogP contribution in [0.2, 0.25) is 5.15 Å². The van der Waals surface area contributed by atoms with Crippen LogP contribution < -0.4 is 5.56 Å². The van der Waals surface area contributed by atoms with Gasteiger partial charge in [0.2, 0.25) is 0 Å². The predicted octanol–water partition coefficient (Wildman–Crippen LogP) is 3.30. The molecule has 0 amide bonds. The Morgan fingerprint density at radius 3 is 2.70 bits per heavy atom. The second kappa shape index (κ2) is 6.55. The van der Waals surface area contributed by atoms with Gasteiger partial charge in [0.05, 0.1) is 17.2 Å². The number of hydrogen-bond acceptors (Lipinski definition) is 4. The van der Waals surface area contributed by atoms with Crippen molar-refractivity contribution in [1.82, 2.24) is 19.7 Å². The van der Waals surface area contributed by atoms with Gasteiger partial charge in [0.1, 0.15) is 11.0 Å². The molecule has 5 nitrogen and oxygen atoms in total. The molecule has 0 bridgehead atoms. The zero-order chi connectivity index (χ0) is 16.4. The maximum absolute atomic E-state index is 13.3. The minimum atomic E-state index is -0.380. The molecule has 0 fully saturated rings. The van der Waals surface area contributed by atoms with E-state index in [0.717, 1.165) is 5.56 Å². The molecule has 0 aliphatic heterocycles. The average molecular weight is 396 g/mol. The van der Waals surface area contributed by atoms with Gasteiger partial charge in [0.25, 0.3) is 5.56 Å². The van der Waals surface area contributed by atoms with Gasteiger partial charge in [-0.15, -0.1) is 5.10 Å². The molecule has 0 unspecified atom stereocenters. The van der Waals surface area contributed by atoms with Crippen molar-refractivity contribution in [3.05, 3.63) is 74.1 Å². The Bertz CT molecular complexity index is 914. The molecular formula is C15H9BrClFN4O. The van der Waals surface area contributed by atoms with Crippen molar-refractivity contribution in [2.75, 3.05) is 0 Å². The van der Waals surface area contributed by atoms with Gasteiger partial charge in [-0.05, 0) is 45.8 Å². The molecule has 116 valence electrons. The molecule has 0 atom stereocenters. The van der Waals surface area contributed by atoms with E-state index in [1.54, 1.807) is 30.5 Å². The van der Waals surface area contributed by atoms with Crippen LogP contribution in [0, 0.1) is 5.82 Å². The number of rotatable bonds is 3. The lowest BCUT2D eigenvalue weighted by Gasteiger charge is -2.07. The van der Waals surface area contributed by atoms with Crippen LogP contribution in [0.3, 0.4) is 0 Å². The summed E-state index contributed by atoms with van der Waals surface area (Å²) in [5.74, 6) is -0.0541. The highest BCUT2D eigenvalue weighted by Gasteiger charge is 2.08. The molecular weight excluding hydrogens is 387 g/mol. The molecule has 1 aromatic carbocycles. The van der Waals surface area contributed by atoms with Crippen molar-refractivity contribution in [3.8, 4) is 11.4 Å². The van der Waals surface area contributed by atoms with Crippen LogP contribution in [0.5, 0.6) is 0 Å². The average Bonchev–Trinajstić information content (AvgIpc) is 2.54. The van der Waals surface area contributed by atoms with Crippen LogP contribution in [0.15, 0.2) is 52.0 Å². The molecule has 3 aromatic rings. The number of hydrogen-bond donors (Lipinski definition) is 0. The van der Waals surface area contributed by atoms with E-state index in [2.05, 4.69) is 31.0 Å². The lowest BCUT2D eigenvalue weighted by molar-refractivity contribution is 0.619. The molecule has 2 aromatic heterocycles. The van der Waals surface area contributed by atoms with Crippen molar-refractivity contribution >= 4 is 27.5 Å². The summed E-state index contributed by atoms with van der Waals surface area (Å²) in [6, 6.07) is 7.82. The molecule has 0 saturated heterocycles. The number of nitrogens with zero attached hydrogens (tertiary/aromatic N) is 4. The highest BCUT2D eigenvalue weighted by Crippen LogP contribution is 2.22. The third-order valence-corrected chi connectivity index (χ3v) is 3.90.